The topological polar surface area (TPSA) is 21.3 Å². The third kappa shape index (κ3) is 6.43. The van der Waals surface area contributed by atoms with Crippen molar-refractivity contribution in [2.24, 2.45) is 0 Å². The highest BCUT2D eigenvalue weighted by Gasteiger charge is 2.14. The highest BCUT2D eigenvalue weighted by molar-refractivity contribution is 9.10. The molecule has 1 rings (SSSR count). The molecule has 0 aliphatic rings. The van der Waals surface area contributed by atoms with E-state index in [0.717, 1.165) is 28.5 Å². The molecule has 1 N–H and O–H groups in total. The van der Waals surface area contributed by atoms with Gasteiger partial charge in [-0.1, -0.05) is 31.9 Å². The molecule has 0 amide bonds. The van der Waals surface area contributed by atoms with Crippen LogP contribution in [-0.2, 0) is 0 Å². The van der Waals surface area contributed by atoms with E-state index in [-0.39, 0.29) is 5.54 Å². The quantitative estimate of drug-likeness (QED) is 0.583. The maximum absolute atomic E-state index is 5.64. The summed E-state index contributed by atoms with van der Waals surface area (Å²) in [6.45, 7) is 5.95. The normalized spacial score (nSPS) is 11.5. The Bertz CT molecular complexity index is 325. The Labute approximate surface area is 120 Å². The van der Waals surface area contributed by atoms with E-state index in [4.69, 9.17) is 4.74 Å². The van der Waals surface area contributed by atoms with Gasteiger partial charge in [0.2, 0.25) is 0 Å². The van der Waals surface area contributed by atoms with Crippen LogP contribution in [0.1, 0.15) is 20.3 Å². The van der Waals surface area contributed by atoms with Gasteiger partial charge in [-0.2, -0.15) is 0 Å². The smallest absolute Gasteiger partial charge is 0.119 e. The summed E-state index contributed by atoms with van der Waals surface area (Å²) in [6.07, 6.45) is 1.10. The summed E-state index contributed by atoms with van der Waals surface area (Å²) < 4.78 is 6.71. The number of hydrogen-bond acceptors (Lipinski definition) is 2. The van der Waals surface area contributed by atoms with Gasteiger partial charge in [0.25, 0.3) is 0 Å². The van der Waals surface area contributed by atoms with Crippen molar-refractivity contribution in [1.29, 1.82) is 0 Å². The van der Waals surface area contributed by atoms with Gasteiger partial charge in [-0.25, -0.2) is 0 Å². The van der Waals surface area contributed by atoms with Crippen molar-refractivity contribution in [3.05, 3.63) is 28.7 Å². The van der Waals surface area contributed by atoms with Crippen LogP contribution in [0.4, 0.5) is 0 Å². The van der Waals surface area contributed by atoms with Crippen LogP contribution in [0.2, 0.25) is 0 Å². The van der Waals surface area contributed by atoms with Crippen LogP contribution in [0.3, 0.4) is 0 Å². The Balaban J connectivity index is 2.22. The maximum atomic E-state index is 5.64. The molecule has 0 spiro atoms. The molecule has 0 aromatic heterocycles. The summed E-state index contributed by atoms with van der Waals surface area (Å²) in [7, 11) is 0. The predicted molar refractivity (Wildman–Crippen MR) is 80.1 cm³/mol. The second kappa shape index (κ2) is 7.39. The molecule has 0 bridgehead atoms. The summed E-state index contributed by atoms with van der Waals surface area (Å²) in [5.41, 5.74) is 0.159. The molecule has 1 aromatic carbocycles. The Morgan fingerprint density at radius 3 is 2.47 bits per heavy atom. The molecule has 0 saturated heterocycles. The van der Waals surface area contributed by atoms with Crippen molar-refractivity contribution in [3.8, 4) is 5.75 Å². The van der Waals surface area contributed by atoms with E-state index >= 15 is 0 Å². The first-order chi connectivity index (χ1) is 8.03. The fourth-order valence-corrected chi connectivity index (χ4v) is 2.67. The first kappa shape index (κ1) is 15.0. The minimum absolute atomic E-state index is 0.159. The van der Waals surface area contributed by atoms with E-state index in [2.05, 4.69) is 51.0 Å². The molecule has 0 unspecified atom stereocenters. The van der Waals surface area contributed by atoms with Gasteiger partial charge in [0.1, 0.15) is 12.4 Å². The predicted octanol–water partition coefficient (Wildman–Crippen LogP) is 3.98. The molecule has 0 saturated carbocycles. The lowest BCUT2D eigenvalue weighted by Gasteiger charge is -2.25. The van der Waals surface area contributed by atoms with Crippen LogP contribution in [0.5, 0.6) is 5.75 Å². The fraction of sp³-hybridized carbons (Fsp3) is 0.538. The zero-order valence-electron chi connectivity index (χ0n) is 10.3. The van der Waals surface area contributed by atoms with E-state index in [0.29, 0.717) is 6.61 Å². The number of halogens is 2. The number of benzene rings is 1. The number of hydrogen-bond donors (Lipinski definition) is 1. The SMILES string of the molecule is CC(C)(CCBr)NCCOc1ccc(Br)cc1. The van der Waals surface area contributed by atoms with Crippen LogP contribution >= 0.6 is 31.9 Å². The largest absolute Gasteiger partial charge is 0.492 e. The number of ether oxygens (including phenoxy) is 1. The van der Waals surface area contributed by atoms with Crippen LogP contribution < -0.4 is 10.1 Å². The van der Waals surface area contributed by atoms with E-state index in [1.807, 2.05) is 24.3 Å². The summed E-state index contributed by atoms with van der Waals surface area (Å²) in [4.78, 5) is 0. The van der Waals surface area contributed by atoms with Gasteiger partial charge in [-0.3, -0.25) is 0 Å². The van der Waals surface area contributed by atoms with Crippen molar-refractivity contribution in [2.75, 3.05) is 18.5 Å². The van der Waals surface area contributed by atoms with Crippen molar-refractivity contribution in [2.45, 2.75) is 25.8 Å². The van der Waals surface area contributed by atoms with Crippen LogP contribution in [0, 0.1) is 0 Å². The monoisotopic (exact) mass is 363 g/mol. The van der Waals surface area contributed by atoms with E-state index in [9.17, 15) is 0 Å². The molecular weight excluding hydrogens is 346 g/mol. The van der Waals surface area contributed by atoms with E-state index in [1.165, 1.54) is 0 Å². The van der Waals surface area contributed by atoms with Gasteiger partial charge < -0.3 is 10.1 Å². The average Bonchev–Trinajstić information content (AvgIpc) is 2.27. The van der Waals surface area contributed by atoms with Gasteiger partial charge in [0.15, 0.2) is 0 Å². The van der Waals surface area contributed by atoms with Crippen molar-refractivity contribution < 1.29 is 4.74 Å². The number of nitrogens with one attached hydrogen (secondary N) is 1. The van der Waals surface area contributed by atoms with Gasteiger partial charge in [-0.05, 0) is 44.5 Å². The Morgan fingerprint density at radius 1 is 1.24 bits per heavy atom. The van der Waals surface area contributed by atoms with Crippen molar-refractivity contribution in [1.82, 2.24) is 5.32 Å². The Kier molecular flexibility index (Phi) is 6.52. The minimum atomic E-state index is 0.159. The summed E-state index contributed by atoms with van der Waals surface area (Å²) in [5, 5.41) is 4.49. The zero-order chi connectivity index (χ0) is 12.7. The fourth-order valence-electron chi connectivity index (χ4n) is 1.41. The second-order valence-corrected chi connectivity index (χ2v) is 6.26. The van der Waals surface area contributed by atoms with Crippen LogP contribution in [0.15, 0.2) is 28.7 Å². The second-order valence-electron chi connectivity index (χ2n) is 4.55. The average molecular weight is 365 g/mol. The highest BCUT2D eigenvalue weighted by Crippen LogP contribution is 2.16. The molecule has 96 valence electrons. The number of rotatable bonds is 7. The maximum Gasteiger partial charge on any atom is 0.119 e. The minimum Gasteiger partial charge on any atom is -0.492 e. The third-order valence-corrected chi connectivity index (χ3v) is 3.43. The Hall–Kier alpha value is -0.0600. The van der Waals surface area contributed by atoms with Crippen LogP contribution in [0.25, 0.3) is 0 Å². The molecule has 0 aliphatic carbocycles. The molecule has 4 heteroatoms. The number of alkyl halides is 1. The summed E-state index contributed by atoms with van der Waals surface area (Å²) in [6, 6.07) is 7.90. The first-order valence-corrected chi connectivity index (χ1v) is 7.64. The zero-order valence-corrected chi connectivity index (χ0v) is 13.5. The standard InChI is InChI=1S/C13H19Br2NO/c1-13(2,7-8-14)16-9-10-17-12-5-3-11(15)4-6-12/h3-6,16H,7-10H2,1-2H3. The molecule has 0 aliphatic heterocycles. The lowest BCUT2D eigenvalue weighted by atomic mass is 10.0. The Morgan fingerprint density at radius 2 is 1.88 bits per heavy atom. The van der Waals surface area contributed by atoms with Gasteiger partial charge >= 0.3 is 0 Å². The molecular formula is C13H19Br2NO. The van der Waals surface area contributed by atoms with Crippen molar-refractivity contribution >= 4 is 31.9 Å². The van der Waals surface area contributed by atoms with Crippen LogP contribution in [-0.4, -0.2) is 24.0 Å². The molecule has 2 nitrogen and oxygen atoms in total. The summed E-state index contributed by atoms with van der Waals surface area (Å²) in [5.74, 6) is 0.910. The van der Waals surface area contributed by atoms with Gasteiger partial charge in [0, 0.05) is 21.9 Å². The molecule has 0 atom stereocenters. The first-order valence-electron chi connectivity index (χ1n) is 5.73. The summed E-state index contributed by atoms with van der Waals surface area (Å²) >= 11 is 6.86. The van der Waals surface area contributed by atoms with Gasteiger partial charge in [-0.15, -0.1) is 0 Å². The molecule has 0 heterocycles. The van der Waals surface area contributed by atoms with Gasteiger partial charge in [0.05, 0.1) is 0 Å². The highest BCUT2D eigenvalue weighted by atomic mass is 79.9. The third-order valence-electron chi connectivity index (χ3n) is 2.51. The lowest BCUT2D eigenvalue weighted by molar-refractivity contribution is 0.281. The van der Waals surface area contributed by atoms with Crippen molar-refractivity contribution in [3.63, 3.8) is 0 Å². The lowest BCUT2D eigenvalue weighted by Crippen LogP contribution is -2.41. The molecule has 1 aromatic rings. The van der Waals surface area contributed by atoms with E-state index < -0.39 is 0 Å². The van der Waals surface area contributed by atoms with E-state index in [1.54, 1.807) is 0 Å². The molecule has 17 heavy (non-hydrogen) atoms. The molecule has 0 fully saturated rings. The molecule has 0 radical (unpaired) electrons.